The van der Waals surface area contributed by atoms with Crippen molar-refractivity contribution in [3.8, 4) is 33.6 Å². The summed E-state index contributed by atoms with van der Waals surface area (Å²) in [4.78, 5) is 0. The van der Waals surface area contributed by atoms with E-state index in [1.807, 2.05) is 78.9 Å². The van der Waals surface area contributed by atoms with Crippen LogP contribution in [-0.4, -0.2) is 15.4 Å². The molecule has 0 saturated heterocycles. The Morgan fingerprint density at radius 3 is 1.20 bits per heavy atom. The summed E-state index contributed by atoms with van der Waals surface area (Å²) >= 11 is 0. The maximum atomic E-state index is 4.35. The van der Waals surface area contributed by atoms with Crippen LogP contribution in [0, 0.1) is 0 Å². The van der Waals surface area contributed by atoms with Gasteiger partial charge in [-0.15, -0.1) is 27.2 Å². The van der Waals surface area contributed by atoms with Gasteiger partial charge in [0.15, 0.2) is 0 Å². The molecule has 0 aliphatic carbocycles. The van der Waals surface area contributed by atoms with Crippen LogP contribution in [0.5, 0.6) is 0 Å². The van der Waals surface area contributed by atoms with Crippen LogP contribution in [0.1, 0.15) is 0 Å². The molecule has 1 heterocycles. The Balaban J connectivity index is 0.00000182. The molecule has 0 aliphatic rings. The first-order valence-corrected chi connectivity index (χ1v) is 7.83. The second-order valence-electron chi connectivity index (χ2n) is 5.46. The monoisotopic (exact) mass is 389 g/mol. The van der Waals surface area contributed by atoms with Crippen molar-refractivity contribution in [2.45, 2.75) is 0 Å². The van der Waals surface area contributed by atoms with Gasteiger partial charge in [-0.2, -0.15) is 0 Å². The first-order valence-electron chi connectivity index (χ1n) is 7.83. The van der Waals surface area contributed by atoms with Gasteiger partial charge in [-0.25, -0.2) is 0 Å². The molecule has 0 fully saturated rings. The first kappa shape index (κ1) is 17.0. The standard InChI is InChI=1S/C21H15N3.BrH/c1-4-10-16(11-5-1)19-20(17-12-6-2-7-13-17)22-24-23-21(19)18-14-8-3-9-15-18;/h1-15H;1H. The fourth-order valence-corrected chi connectivity index (χ4v) is 2.80. The van der Waals surface area contributed by atoms with E-state index in [0.717, 1.165) is 33.6 Å². The summed E-state index contributed by atoms with van der Waals surface area (Å²) in [6, 6.07) is 30.4. The molecule has 0 atom stereocenters. The van der Waals surface area contributed by atoms with Crippen LogP contribution in [0.3, 0.4) is 0 Å². The topological polar surface area (TPSA) is 38.7 Å². The van der Waals surface area contributed by atoms with Crippen LogP contribution in [-0.2, 0) is 0 Å². The average molecular weight is 390 g/mol. The highest BCUT2D eigenvalue weighted by molar-refractivity contribution is 8.93. The Labute approximate surface area is 157 Å². The van der Waals surface area contributed by atoms with E-state index in [4.69, 9.17) is 0 Å². The maximum absolute atomic E-state index is 4.35. The third-order valence-electron chi connectivity index (χ3n) is 3.92. The molecule has 122 valence electrons. The molecule has 1 aromatic heterocycles. The lowest BCUT2D eigenvalue weighted by atomic mass is 9.95. The van der Waals surface area contributed by atoms with E-state index in [1.165, 1.54) is 0 Å². The molecule has 0 saturated carbocycles. The number of nitrogens with zero attached hydrogens (tertiary/aromatic N) is 3. The predicted molar refractivity (Wildman–Crippen MR) is 106 cm³/mol. The van der Waals surface area contributed by atoms with Gasteiger partial charge in [-0.3, -0.25) is 0 Å². The number of rotatable bonds is 3. The van der Waals surface area contributed by atoms with Crippen molar-refractivity contribution >= 4 is 17.0 Å². The fraction of sp³-hybridized carbons (Fsp3) is 0. The molecule has 0 radical (unpaired) electrons. The van der Waals surface area contributed by atoms with Crippen molar-refractivity contribution in [3.63, 3.8) is 0 Å². The molecule has 0 N–H and O–H groups in total. The Kier molecular flexibility index (Phi) is 5.31. The van der Waals surface area contributed by atoms with E-state index in [2.05, 4.69) is 27.5 Å². The summed E-state index contributed by atoms with van der Waals surface area (Å²) in [5.41, 5.74) is 5.83. The van der Waals surface area contributed by atoms with E-state index < -0.39 is 0 Å². The second-order valence-corrected chi connectivity index (χ2v) is 5.46. The summed E-state index contributed by atoms with van der Waals surface area (Å²) < 4.78 is 0. The van der Waals surface area contributed by atoms with E-state index in [9.17, 15) is 0 Å². The number of halogens is 1. The zero-order valence-corrected chi connectivity index (χ0v) is 15.1. The van der Waals surface area contributed by atoms with Gasteiger partial charge >= 0.3 is 0 Å². The highest BCUT2D eigenvalue weighted by Crippen LogP contribution is 2.36. The molecule has 0 amide bonds. The Morgan fingerprint density at radius 1 is 0.440 bits per heavy atom. The Hall–Kier alpha value is -2.85. The highest BCUT2D eigenvalue weighted by atomic mass is 79.9. The van der Waals surface area contributed by atoms with Crippen molar-refractivity contribution in [3.05, 3.63) is 91.0 Å². The van der Waals surface area contributed by atoms with Crippen LogP contribution >= 0.6 is 17.0 Å². The Morgan fingerprint density at radius 2 is 0.800 bits per heavy atom. The van der Waals surface area contributed by atoms with Gasteiger partial charge in [0.05, 0.1) is 0 Å². The molecule has 25 heavy (non-hydrogen) atoms. The molecule has 4 heteroatoms. The lowest BCUT2D eigenvalue weighted by molar-refractivity contribution is 0.878. The Bertz CT molecular complexity index is 885. The molecule has 0 bridgehead atoms. The van der Waals surface area contributed by atoms with Gasteiger partial charge in [-0.1, -0.05) is 91.0 Å². The number of benzene rings is 3. The van der Waals surface area contributed by atoms with Crippen LogP contribution in [0.15, 0.2) is 91.0 Å². The van der Waals surface area contributed by atoms with Crippen LogP contribution in [0.4, 0.5) is 0 Å². The largest absolute Gasteiger partial charge is 0.129 e. The molecule has 4 aromatic rings. The van der Waals surface area contributed by atoms with Gasteiger partial charge in [0.2, 0.25) is 0 Å². The lowest BCUT2D eigenvalue weighted by Gasteiger charge is -2.12. The van der Waals surface area contributed by atoms with Crippen LogP contribution in [0.25, 0.3) is 33.6 Å². The van der Waals surface area contributed by atoms with Crippen molar-refractivity contribution < 1.29 is 0 Å². The zero-order chi connectivity index (χ0) is 16.2. The summed E-state index contributed by atoms with van der Waals surface area (Å²) in [7, 11) is 0. The molecule has 3 aromatic carbocycles. The predicted octanol–water partition coefficient (Wildman–Crippen LogP) is 5.45. The molecule has 0 aliphatic heterocycles. The lowest BCUT2D eigenvalue weighted by Crippen LogP contribution is -1.99. The molecular weight excluding hydrogens is 374 g/mol. The minimum absolute atomic E-state index is 0. The molecule has 0 unspecified atom stereocenters. The van der Waals surface area contributed by atoms with E-state index in [1.54, 1.807) is 0 Å². The highest BCUT2D eigenvalue weighted by Gasteiger charge is 2.17. The molecular formula is C21H16BrN3. The van der Waals surface area contributed by atoms with Gasteiger partial charge < -0.3 is 0 Å². The minimum atomic E-state index is 0. The van der Waals surface area contributed by atoms with E-state index in [0.29, 0.717) is 0 Å². The smallest absolute Gasteiger partial charge is 0.105 e. The molecule has 4 rings (SSSR count). The summed E-state index contributed by atoms with van der Waals surface area (Å²) in [5, 5.41) is 12.7. The summed E-state index contributed by atoms with van der Waals surface area (Å²) in [5.74, 6) is 0. The van der Waals surface area contributed by atoms with Gasteiger partial charge in [0, 0.05) is 16.7 Å². The SMILES string of the molecule is Br.c1ccc(-c2nnnc(-c3ccccc3)c2-c2ccccc2)cc1. The fourth-order valence-electron chi connectivity index (χ4n) is 2.80. The quantitative estimate of drug-likeness (QED) is 0.467. The first-order chi connectivity index (χ1) is 11.9. The molecule has 3 nitrogen and oxygen atoms in total. The maximum Gasteiger partial charge on any atom is 0.105 e. The van der Waals surface area contributed by atoms with Crippen molar-refractivity contribution in [1.82, 2.24) is 15.4 Å². The second kappa shape index (κ2) is 7.81. The van der Waals surface area contributed by atoms with Crippen molar-refractivity contribution in [1.29, 1.82) is 0 Å². The van der Waals surface area contributed by atoms with Gasteiger partial charge in [0.25, 0.3) is 0 Å². The number of aromatic nitrogens is 3. The normalized spacial score (nSPS) is 10.1. The van der Waals surface area contributed by atoms with Crippen LogP contribution < -0.4 is 0 Å². The molecule has 0 spiro atoms. The van der Waals surface area contributed by atoms with E-state index >= 15 is 0 Å². The summed E-state index contributed by atoms with van der Waals surface area (Å²) in [6.07, 6.45) is 0. The van der Waals surface area contributed by atoms with Crippen molar-refractivity contribution in [2.24, 2.45) is 0 Å². The third-order valence-corrected chi connectivity index (χ3v) is 3.92. The average Bonchev–Trinajstić information content (AvgIpc) is 2.69. The van der Waals surface area contributed by atoms with E-state index in [-0.39, 0.29) is 17.0 Å². The zero-order valence-electron chi connectivity index (χ0n) is 13.4. The summed E-state index contributed by atoms with van der Waals surface area (Å²) in [6.45, 7) is 0. The number of hydrogen-bond donors (Lipinski definition) is 0. The number of hydrogen-bond acceptors (Lipinski definition) is 3. The van der Waals surface area contributed by atoms with Gasteiger partial charge in [-0.05, 0) is 10.8 Å². The van der Waals surface area contributed by atoms with Gasteiger partial charge in [0.1, 0.15) is 11.4 Å². The van der Waals surface area contributed by atoms with Crippen LogP contribution in [0.2, 0.25) is 0 Å². The third kappa shape index (κ3) is 3.49. The van der Waals surface area contributed by atoms with Crippen molar-refractivity contribution in [2.75, 3.05) is 0 Å². The minimum Gasteiger partial charge on any atom is -0.129 e.